The molecular formula is C11H10BrN3O2. The average molecular weight is 296 g/mol. The van der Waals surface area contributed by atoms with E-state index in [1.165, 1.54) is 0 Å². The molecule has 0 saturated carbocycles. The van der Waals surface area contributed by atoms with E-state index >= 15 is 0 Å². The van der Waals surface area contributed by atoms with Gasteiger partial charge in [0.15, 0.2) is 5.69 Å². The van der Waals surface area contributed by atoms with E-state index in [2.05, 4.69) is 26.2 Å². The topological polar surface area (TPSA) is 68.0 Å². The van der Waals surface area contributed by atoms with Gasteiger partial charge in [0.2, 0.25) is 0 Å². The molecule has 1 N–H and O–H groups in total. The Bertz CT molecular complexity index is 566. The Hall–Kier alpha value is -1.69. The van der Waals surface area contributed by atoms with Gasteiger partial charge >= 0.3 is 5.97 Å². The lowest BCUT2D eigenvalue weighted by molar-refractivity contribution is 0.0689. The molecule has 0 atom stereocenters. The van der Waals surface area contributed by atoms with E-state index in [9.17, 15) is 4.79 Å². The highest BCUT2D eigenvalue weighted by molar-refractivity contribution is 9.10. The third-order valence-corrected chi connectivity index (χ3v) is 2.85. The summed E-state index contributed by atoms with van der Waals surface area (Å²) in [5, 5.41) is 16.6. The Labute approximate surface area is 106 Å². The standard InChI is InChI=1S/C11H10BrN3O2/c1-2-9-10(11(16)17)13-14-15(9)8-5-3-4-7(12)6-8/h3-6H,2H2,1H3,(H,16,17). The van der Waals surface area contributed by atoms with Crippen LogP contribution in [0.2, 0.25) is 0 Å². The molecule has 0 fully saturated rings. The first-order chi connectivity index (χ1) is 8.13. The largest absolute Gasteiger partial charge is 0.476 e. The molecule has 0 bridgehead atoms. The molecule has 0 spiro atoms. The molecule has 1 aromatic carbocycles. The molecule has 5 nitrogen and oxygen atoms in total. The zero-order valence-corrected chi connectivity index (χ0v) is 10.7. The highest BCUT2D eigenvalue weighted by atomic mass is 79.9. The second-order valence-corrected chi connectivity index (χ2v) is 4.35. The zero-order chi connectivity index (χ0) is 12.4. The van der Waals surface area contributed by atoms with Gasteiger partial charge in [-0.1, -0.05) is 34.1 Å². The minimum atomic E-state index is -1.05. The third-order valence-electron chi connectivity index (χ3n) is 2.35. The van der Waals surface area contributed by atoms with Crippen molar-refractivity contribution < 1.29 is 9.90 Å². The van der Waals surface area contributed by atoms with Crippen LogP contribution in [0.4, 0.5) is 0 Å². The van der Waals surface area contributed by atoms with Gasteiger partial charge < -0.3 is 5.11 Å². The minimum Gasteiger partial charge on any atom is -0.476 e. The number of carbonyl (C=O) groups is 1. The second kappa shape index (κ2) is 4.67. The zero-order valence-electron chi connectivity index (χ0n) is 9.09. The van der Waals surface area contributed by atoms with Crippen molar-refractivity contribution >= 4 is 21.9 Å². The summed E-state index contributed by atoms with van der Waals surface area (Å²) in [7, 11) is 0. The van der Waals surface area contributed by atoms with E-state index in [0.29, 0.717) is 12.1 Å². The summed E-state index contributed by atoms with van der Waals surface area (Å²) >= 11 is 3.36. The molecule has 1 aromatic heterocycles. The van der Waals surface area contributed by atoms with Crippen molar-refractivity contribution in [3.8, 4) is 5.69 Å². The highest BCUT2D eigenvalue weighted by Crippen LogP contribution is 2.18. The molecule has 0 aliphatic heterocycles. The molecule has 0 radical (unpaired) electrons. The fourth-order valence-electron chi connectivity index (χ4n) is 1.60. The number of nitrogens with zero attached hydrogens (tertiary/aromatic N) is 3. The Balaban J connectivity index is 2.56. The molecule has 17 heavy (non-hydrogen) atoms. The number of hydrogen-bond acceptors (Lipinski definition) is 3. The summed E-state index contributed by atoms with van der Waals surface area (Å²) < 4.78 is 2.46. The van der Waals surface area contributed by atoms with Crippen LogP contribution in [0.15, 0.2) is 28.7 Å². The van der Waals surface area contributed by atoms with Gasteiger partial charge in [0.1, 0.15) is 0 Å². The quantitative estimate of drug-likeness (QED) is 0.943. The molecule has 0 saturated heterocycles. The predicted molar refractivity (Wildman–Crippen MR) is 65.4 cm³/mol. The van der Waals surface area contributed by atoms with Gasteiger partial charge in [-0.15, -0.1) is 5.10 Å². The van der Waals surface area contributed by atoms with E-state index in [1.807, 2.05) is 31.2 Å². The van der Waals surface area contributed by atoms with Gasteiger partial charge in [0.05, 0.1) is 11.4 Å². The number of carboxylic acids is 1. The van der Waals surface area contributed by atoms with Gasteiger partial charge in [-0.25, -0.2) is 9.48 Å². The van der Waals surface area contributed by atoms with Crippen molar-refractivity contribution in [3.63, 3.8) is 0 Å². The van der Waals surface area contributed by atoms with Crippen molar-refractivity contribution in [2.24, 2.45) is 0 Å². The van der Waals surface area contributed by atoms with Gasteiger partial charge in [-0.05, 0) is 24.6 Å². The van der Waals surface area contributed by atoms with E-state index in [4.69, 9.17) is 5.11 Å². The minimum absolute atomic E-state index is 0.00692. The third kappa shape index (κ3) is 2.21. The predicted octanol–water partition coefficient (Wildman–Crippen LogP) is 2.29. The first kappa shape index (κ1) is 11.8. The molecule has 6 heteroatoms. The molecule has 0 aliphatic rings. The SMILES string of the molecule is CCc1c(C(=O)O)nnn1-c1cccc(Br)c1. The maximum atomic E-state index is 11.0. The van der Waals surface area contributed by atoms with Crippen LogP contribution >= 0.6 is 15.9 Å². The molecule has 2 rings (SSSR count). The van der Waals surface area contributed by atoms with Gasteiger partial charge in [0.25, 0.3) is 0 Å². The lowest BCUT2D eigenvalue weighted by atomic mass is 10.2. The molecule has 0 unspecified atom stereocenters. The van der Waals surface area contributed by atoms with E-state index in [0.717, 1.165) is 10.2 Å². The van der Waals surface area contributed by atoms with Gasteiger partial charge in [0, 0.05) is 4.47 Å². The first-order valence-electron chi connectivity index (χ1n) is 5.07. The normalized spacial score (nSPS) is 10.5. The van der Waals surface area contributed by atoms with Crippen molar-refractivity contribution in [2.45, 2.75) is 13.3 Å². The summed E-state index contributed by atoms with van der Waals surface area (Å²) in [5.41, 5.74) is 1.39. The number of rotatable bonds is 3. The highest BCUT2D eigenvalue weighted by Gasteiger charge is 2.18. The van der Waals surface area contributed by atoms with Crippen LogP contribution in [0, 0.1) is 0 Å². The van der Waals surface area contributed by atoms with E-state index in [1.54, 1.807) is 4.68 Å². The van der Waals surface area contributed by atoms with Crippen LogP contribution in [-0.2, 0) is 6.42 Å². The van der Waals surface area contributed by atoms with Crippen LogP contribution < -0.4 is 0 Å². The van der Waals surface area contributed by atoms with Crippen LogP contribution in [0.25, 0.3) is 5.69 Å². The Morgan fingerprint density at radius 1 is 1.53 bits per heavy atom. The average Bonchev–Trinajstić information content (AvgIpc) is 2.72. The Morgan fingerprint density at radius 3 is 2.88 bits per heavy atom. The fourth-order valence-corrected chi connectivity index (χ4v) is 1.99. The molecule has 2 aromatic rings. The van der Waals surface area contributed by atoms with E-state index < -0.39 is 5.97 Å². The van der Waals surface area contributed by atoms with Crippen LogP contribution in [0.1, 0.15) is 23.1 Å². The maximum absolute atomic E-state index is 11.0. The Morgan fingerprint density at radius 2 is 2.29 bits per heavy atom. The second-order valence-electron chi connectivity index (χ2n) is 3.44. The number of halogens is 1. The van der Waals surface area contributed by atoms with Crippen molar-refractivity contribution in [3.05, 3.63) is 40.1 Å². The molecule has 0 amide bonds. The van der Waals surface area contributed by atoms with E-state index in [-0.39, 0.29) is 5.69 Å². The molecule has 0 aliphatic carbocycles. The van der Waals surface area contributed by atoms with Crippen LogP contribution in [0.3, 0.4) is 0 Å². The van der Waals surface area contributed by atoms with Crippen LogP contribution in [0.5, 0.6) is 0 Å². The first-order valence-corrected chi connectivity index (χ1v) is 5.86. The van der Waals surface area contributed by atoms with Crippen LogP contribution in [-0.4, -0.2) is 26.1 Å². The maximum Gasteiger partial charge on any atom is 0.358 e. The summed E-state index contributed by atoms with van der Waals surface area (Å²) in [6, 6.07) is 7.47. The Kier molecular flexibility index (Phi) is 3.23. The smallest absolute Gasteiger partial charge is 0.358 e. The molecule has 88 valence electrons. The van der Waals surface area contributed by atoms with Gasteiger partial charge in [-0.2, -0.15) is 0 Å². The van der Waals surface area contributed by atoms with Gasteiger partial charge in [-0.3, -0.25) is 0 Å². The lowest BCUT2D eigenvalue weighted by Gasteiger charge is -2.05. The molecule has 1 heterocycles. The summed E-state index contributed by atoms with van der Waals surface area (Å²) in [6.45, 7) is 1.87. The summed E-state index contributed by atoms with van der Waals surface area (Å²) in [6.07, 6.45) is 0.557. The lowest BCUT2D eigenvalue weighted by Crippen LogP contribution is -2.05. The summed E-state index contributed by atoms with van der Waals surface area (Å²) in [5.74, 6) is -1.05. The number of hydrogen-bond donors (Lipinski definition) is 1. The molecular weight excluding hydrogens is 286 g/mol. The monoisotopic (exact) mass is 295 g/mol. The fraction of sp³-hybridized carbons (Fsp3) is 0.182. The summed E-state index contributed by atoms with van der Waals surface area (Å²) in [4.78, 5) is 11.0. The van der Waals surface area contributed by atoms with Crippen molar-refractivity contribution in [1.29, 1.82) is 0 Å². The van der Waals surface area contributed by atoms with Crippen molar-refractivity contribution in [1.82, 2.24) is 15.0 Å². The number of benzene rings is 1. The number of carboxylic acid groups (broad SMARTS) is 1. The number of aromatic nitrogens is 3. The van der Waals surface area contributed by atoms with Crippen molar-refractivity contribution in [2.75, 3.05) is 0 Å². The number of aromatic carboxylic acids is 1.